The van der Waals surface area contributed by atoms with Crippen LogP contribution < -0.4 is 16.8 Å². The Hall–Kier alpha value is -2.23. The minimum Gasteiger partial charge on any atom is -0.370 e. The molecule has 1 heterocycles. The standard InChI is InChI=1S/C11H19N6O4/c12-9(4-8(17(20)21)5-15-11(13)14)10(19)16-3-1-2-7(16)6-18/h7-9H,1-5,12H2,(H4,13,14,15)/t7-,8?,9-/m0/s1. The number of rotatable bonds is 7. The van der Waals surface area contributed by atoms with Gasteiger partial charge in [0.05, 0.1) is 18.6 Å². The van der Waals surface area contributed by atoms with E-state index in [0.29, 0.717) is 19.4 Å². The highest BCUT2D eigenvalue weighted by Gasteiger charge is 2.35. The maximum atomic E-state index is 12.1. The molecule has 1 unspecified atom stereocenters. The molecule has 1 rings (SSSR count). The van der Waals surface area contributed by atoms with Crippen LogP contribution in [-0.4, -0.2) is 59.2 Å². The van der Waals surface area contributed by atoms with Gasteiger partial charge in [0, 0.05) is 17.9 Å². The third kappa shape index (κ3) is 4.67. The molecule has 0 spiro atoms. The summed E-state index contributed by atoms with van der Waals surface area (Å²) in [5.41, 5.74) is 10.8. The third-order valence-electron chi connectivity index (χ3n) is 3.34. The topological polar surface area (TPSA) is 168 Å². The second-order valence-corrected chi connectivity index (χ2v) is 4.88. The second kappa shape index (κ2) is 7.53. The molecule has 117 valence electrons. The number of amides is 1. The van der Waals surface area contributed by atoms with E-state index in [2.05, 4.69) is 5.32 Å². The Morgan fingerprint density at radius 3 is 2.81 bits per heavy atom. The highest BCUT2D eigenvalue weighted by atomic mass is 16.6. The molecule has 0 aromatic heterocycles. The van der Waals surface area contributed by atoms with E-state index in [-0.39, 0.29) is 13.0 Å². The summed E-state index contributed by atoms with van der Waals surface area (Å²) >= 11 is 0. The van der Waals surface area contributed by atoms with Crippen molar-refractivity contribution in [3.63, 3.8) is 0 Å². The average molecular weight is 299 g/mol. The van der Waals surface area contributed by atoms with E-state index < -0.39 is 34.9 Å². The minimum absolute atomic E-state index is 0.188. The van der Waals surface area contributed by atoms with Crippen LogP contribution in [0.15, 0.2) is 0 Å². The Labute approximate surface area is 121 Å². The van der Waals surface area contributed by atoms with Crippen molar-refractivity contribution in [1.29, 1.82) is 5.41 Å². The lowest BCUT2D eigenvalue weighted by Gasteiger charge is -2.24. The SMILES string of the molecule is N=C(N)NCC(C[C@H](N)C(=O)N1CCC[C@H]1[C]=O)[N+](=O)[O-]. The zero-order valence-electron chi connectivity index (χ0n) is 11.4. The Morgan fingerprint density at radius 2 is 2.29 bits per heavy atom. The first kappa shape index (κ1) is 16.8. The maximum absolute atomic E-state index is 12.1. The molecule has 3 atom stereocenters. The summed E-state index contributed by atoms with van der Waals surface area (Å²) in [6, 6.07) is -2.84. The molecule has 0 aromatic rings. The molecule has 1 radical (unpaired) electrons. The van der Waals surface area contributed by atoms with Gasteiger partial charge in [0.25, 0.3) is 0 Å². The Bertz CT molecular complexity index is 429. The Kier molecular flexibility index (Phi) is 6.03. The first-order valence-corrected chi connectivity index (χ1v) is 6.52. The fraction of sp³-hybridized carbons (Fsp3) is 0.727. The van der Waals surface area contributed by atoms with Crippen molar-refractivity contribution in [2.24, 2.45) is 11.5 Å². The van der Waals surface area contributed by atoms with Gasteiger partial charge in [-0.15, -0.1) is 0 Å². The summed E-state index contributed by atoms with van der Waals surface area (Å²) in [7, 11) is 0. The molecule has 0 saturated carbocycles. The molecule has 0 aromatic carbocycles. The van der Waals surface area contributed by atoms with Gasteiger partial charge in [0.2, 0.25) is 18.2 Å². The number of hydrogen-bond donors (Lipinski definition) is 4. The molecule has 6 N–H and O–H groups in total. The van der Waals surface area contributed by atoms with Crippen molar-refractivity contribution < 1.29 is 14.5 Å². The van der Waals surface area contributed by atoms with Gasteiger partial charge in [0.1, 0.15) is 0 Å². The molecule has 10 heteroatoms. The molecule has 0 bridgehead atoms. The second-order valence-electron chi connectivity index (χ2n) is 4.88. The van der Waals surface area contributed by atoms with Gasteiger partial charge in [0.15, 0.2) is 5.96 Å². The van der Waals surface area contributed by atoms with Crippen molar-refractivity contribution in [3.05, 3.63) is 10.1 Å². The van der Waals surface area contributed by atoms with Crippen LogP contribution in [0.2, 0.25) is 0 Å². The maximum Gasteiger partial charge on any atom is 0.240 e. The molecule has 1 aliphatic rings. The summed E-state index contributed by atoms with van der Waals surface area (Å²) < 4.78 is 0. The number of carbonyl (C=O) groups is 1. The van der Waals surface area contributed by atoms with Crippen molar-refractivity contribution in [2.45, 2.75) is 37.4 Å². The van der Waals surface area contributed by atoms with Crippen LogP contribution in [0.4, 0.5) is 0 Å². The zero-order valence-corrected chi connectivity index (χ0v) is 11.4. The van der Waals surface area contributed by atoms with E-state index in [0.717, 1.165) is 0 Å². The van der Waals surface area contributed by atoms with Crippen LogP contribution in [0.5, 0.6) is 0 Å². The van der Waals surface area contributed by atoms with E-state index in [1.807, 2.05) is 0 Å². The summed E-state index contributed by atoms with van der Waals surface area (Å²) in [4.78, 5) is 34.5. The lowest BCUT2D eigenvalue weighted by Crippen LogP contribution is -2.50. The summed E-state index contributed by atoms with van der Waals surface area (Å²) in [5, 5.41) is 20.2. The minimum atomic E-state index is -1.14. The average Bonchev–Trinajstić information content (AvgIpc) is 2.89. The van der Waals surface area contributed by atoms with E-state index in [1.165, 1.54) is 4.90 Å². The summed E-state index contributed by atoms with van der Waals surface area (Å²) in [5.74, 6) is -0.882. The monoisotopic (exact) mass is 299 g/mol. The quantitative estimate of drug-likeness (QED) is 0.181. The third-order valence-corrected chi connectivity index (χ3v) is 3.34. The van der Waals surface area contributed by atoms with Crippen LogP contribution in [0, 0.1) is 15.5 Å². The number of nitro groups is 1. The molecule has 1 aliphatic heterocycles. The van der Waals surface area contributed by atoms with E-state index in [9.17, 15) is 19.7 Å². The number of guanidine groups is 1. The molecular formula is C11H19N6O4. The van der Waals surface area contributed by atoms with Crippen LogP contribution in [0.1, 0.15) is 19.3 Å². The Morgan fingerprint density at radius 1 is 1.62 bits per heavy atom. The number of likely N-dealkylation sites (tertiary alicyclic amines) is 1. The van der Waals surface area contributed by atoms with Crippen LogP contribution >= 0.6 is 0 Å². The fourth-order valence-electron chi connectivity index (χ4n) is 2.23. The number of nitrogens with one attached hydrogen (secondary N) is 2. The largest absolute Gasteiger partial charge is 0.370 e. The van der Waals surface area contributed by atoms with E-state index >= 15 is 0 Å². The van der Waals surface area contributed by atoms with Gasteiger partial charge < -0.3 is 21.7 Å². The molecule has 1 amide bonds. The predicted octanol–water partition coefficient (Wildman–Crippen LogP) is -2.07. The lowest BCUT2D eigenvalue weighted by atomic mass is 10.1. The normalized spacial score (nSPS) is 20.6. The van der Waals surface area contributed by atoms with Crippen LogP contribution in [-0.2, 0) is 9.59 Å². The number of nitrogens with two attached hydrogens (primary N) is 2. The molecule has 10 nitrogen and oxygen atoms in total. The molecule has 1 saturated heterocycles. The van der Waals surface area contributed by atoms with Crippen LogP contribution in [0.25, 0.3) is 0 Å². The van der Waals surface area contributed by atoms with E-state index in [1.54, 1.807) is 6.29 Å². The molecular weight excluding hydrogens is 280 g/mol. The van der Waals surface area contributed by atoms with Gasteiger partial charge in [-0.2, -0.15) is 0 Å². The summed E-state index contributed by atoms with van der Waals surface area (Å²) in [6.45, 7) is 0.216. The number of hydrogen-bond acceptors (Lipinski definition) is 6. The van der Waals surface area contributed by atoms with Crippen LogP contribution in [0.3, 0.4) is 0 Å². The van der Waals surface area contributed by atoms with Crippen molar-refractivity contribution in [3.8, 4) is 0 Å². The van der Waals surface area contributed by atoms with Gasteiger partial charge >= 0.3 is 0 Å². The predicted molar refractivity (Wildman–Crippen MR) is 73.7 cm³/mol. The fourth-order valence-corrected chi connectivity index (χ4v) is 2.23. The first-order valence-electron chi connectivity index (χ1n) is 6.52. The lowest BCUT2D eigenvalue weighted by molar-refractivity contribution is -0.521. The van der Waals surface area contributed by atoms with Crippen molar-refractivity contribution in [2.75, 3.05) is 13.1 Å². The Balaban J connectivity index is 2.61. The number of carbonyl (C=O) groups excluding carboxylic acids is 2. The van der Waals surface area contributed by atoms with Gasteiger partial charge in [-0.1, -0.05) is 0 Å². The van der Waals surface area contributed by atoms with Gasteiger partial charge in [-0.25, -0.2) is 0 Å². The molecule has 21 heavy (non-hydrogen) atoms. The first-order chi connectivity index (χ1) is 9.86. The molecule has 1 fully saturated rings. The highest BCUT2D eigenvalue weighted by molar-refractivity contribution is 5.85. The van der Waals surface area contributed by atoms with E-state index in [4.69, 9.17) is 16.9 Å². The van der Waals surface area contributed by atoms with Gasteiger partial charge in [-0.05, 0) is 12.8 Å². The molecule has 0 aliphatic carbocycles. The van der Waals surface area contributed by atoms with Crippen molar-refractivity contribution >= 4 is 18.2 Å². The van der Waals surface area contributed by atoms with Gasteiger partial charge in [-0.3, -0.25) is 25.1 Å². The highest BCUT2D eigenvalue weighted by Crippen LogP contribution is 2.17. The number of nitrogens with zero attached hydrogens (tertiary/aromatic N) is 2. The zero-order chi connectivity index (χ0) is 16.0. The smallest absolute Gasteiger partial charge is 0.240 e. The van der Waals surface area contributed by atoms with Crippen molar-refractivity contribution in [1.82, 2.24) is 10.2 Å². The summed E-state index contributed by atoms with van der Waals surface area (Å²) in [6.07, 6.45) is 2.79.